The molecule has 2 aromatic rings. The Balaban J connectivity index is 1.60. The number of fused-ring (bicyclic) bond motifs is 4. The van der Waals surface area contributed by atoms with Crippen molar-refractivity contribution in [1.29, 1.82) is 0 Å². The van der Waals surface area contributed by atoms with Gasteiger partial charge in [0.05, 0.1) is 23.1 Å². The normalized spacial score (nSPS) is 25.3. The molecule has 1 fully saturated rings. The summed E-state index contributed by atoms with van der Waals surface area (Å²) in [6.45, 7) is 3.67. The maximum atomic E-state index is 12.1. The van der Waals surface area contributed by atoms with E-state index in [0.29, 0.717) is 17.6 Å². The van der Waals surface area contributed by atoms with Crippen molar-refractivity contribution in [1.82, 2.24) is 4.57 Å². The van der Waals surface area contributed by atoms with Gasteiger partial charge in [0, 0.05) is 34.6 Å². The van der Waals surface area contributed by atoms with Crippen LogP contribution in [0.25, 0.3) is 0 Å². The Bertz CT molecular complexity index is 849. The standard InChI is InChI=1S/C18H18Br2N2O2/c19-14-5-13(18(24)15(20)6-14)10-21-7-11-4-12(9-21)16-2-1-3-17(23)22(16)8-11/h1-3,5-6,11-12,24H,4,7-10H2/p+1/t11-,12+/m1/s1. The minimum absolute atomic E-state index is 0.124. The number of hydrogen-bond donors (Lipinski definition) is 2. The molecule has 0 spiro atoms. The van der Waals surface area contributed by atoms with Crippen molar-refractivity contribution in [2.24, 2.45) is 5.92 Å². The highest BCUT2D eigenvalue weighted by atomic mass is 79.9. The van der Waals surface area contributed by atoms with Crippen molar-refractivity contribution >= 4 is 31.9 Å². The van der Waals surface area contributed by atoms with Crippen LogP contribution >= 0.6 is 31.9 Å². The lowest BCUT2D eigenvalue weighted by atomic mass is 9.83. The molecule has 4 nitrogen and oxygen atoms in total. The van der Waals surface area contributed by atoms with Gasteiger partial charge in [0.1, 0.15) is 12.3 Å². The van der Waals surface area contributed by atoms with E-state index in [9.17, 15) is 9.90 Å². The summed E-state index contributed by atoms with van der Waals surface area (Å²) >= 11 is 6.91. The molecule has 2 aliphatic heterocycles. The lowest BCUT2D eigenvalue weighted by Crippen LogP contribution is -3.13. The van der Waals surface area contributed by atoms with Gasteiger partial charge in [-0.25, -0.2) is 0 Å². The summed E-state index contributed by atoms with van der Waals surface area (Å²) in [7, 11) is 0. The Hall–Kier alpha value is -1.11. The average Bonchev–Trinajstić information content (AvgIpc) is 2.53. The molecule has 2 N–H and O–H groups in total. The second-order valence-electron chi connectivity index (χ2n) is 6.93. The molecule has 0 amide bonds. The average molecular weight is 455 g/mol. The summed E-state index contributed by atoms with van der Waals surface area (Å²) in [6.07, 6.45) is 1.17. The second kappa shape index (κ2) is 6.32. The van der Waals surface area contributed by atoms with E-state index in [1.54, 1.807) is 6.07 Å². The van der Waals surface area contributed by atoms with Gasteiger partial charge in [0.25, 0.3) is 5.56 Å². The number of halogens is 2. The van der Waals surface area contributed by atoms with Crippen LogP contribution in [-0.4, -0.2) is 22.8 Å². The first-order valence-corrected chi connectivity index (χ1v) is 9.80. The van der Waals surface area contributed by atoms with Crippen LogP contribution in [0, 0.1) is 5.92 Å². The van der Waals surface area contributed by atoms with E-state index in [0.717, 1.165) is 40.7 Å². The molecule has 3 atom stereocenters. The third-order valence-corrected chi connectivity index (χ3v) is 6.28. The highest BCUT2D eigenvalue weighted by Crippen LogP contribution is 2.33. The molecule has 1 unspecified atom stereocenters. The maximum Gasteiger partial charge on any atom is 0.250 e. The zero-order valence-electron chi connectivity index (χ0n) is 13.1. The molecule has 1 aromatic carbocycles. The number of nitrogens with zero attached hydrogens (tertiary/aromatic N) is 1. The number of aromatic hydroxyl groups is 1. The van der Waals surface area contributed by atoms with Crippen LogP contribution in [0.2, 0.25) is 0 Å². The number of piperidine rings is 1. The van der Waals surface area contributed by atoms with Gasteiger partial charge >= 0.3 is 0 Å². The summed E-state index contributed by atoms with van der Waals surface area (Å²) in [4.78, 5) is 13.6. The molecule has 4 rings (SSSR count). The van der Waals surface area contributed by atoms with E-state index < -0.39 is 0 Å². The van der Waals surface area contributed by atoms with Crippen LogP contribution < -0.4 is 10.5 Å². The van der Waals surface area contributed by atoms with Crippen molar-refractivity contribution in [3.05, 3.63) is 60.9 Å². The molecule has 3 heterocycles. The topological polar surface area (TPSA) is 46.7 Å². The van der Waals surface area contributed by atoms with E-state index in [1.165, 1.54) is 17.0 Å². The molecule has 0 radical (unpaired) electrons. The number of phenols is 1. The summed E-state index contributed by atoms with van der Waals surface area (Å²) in [5.41, 5.74) is 2.26. The largest absolute Gasteiger partial charge is 0.506 e. The first-order valence-electron chi connectivity index (χ1n) is 8.21. The molecule has 1 saturated heterocycles. The Kier molecular flexibility index (Phi) is 4.31. The number of benzene rings is 1. The molecular weight excluding hydrogens is 436 g/mol. The minimum Gasteiger partial charge on any atom is -0.506 e. The summed E-state index contributed by atoms with van der Waals surface area (Å²) in [5, 5.41) is 10.3. The Morgan fingerprint density at radius 2 is 2.08 bits per heavy atom. The third-order valence-electron chi connectivity index (χ3n) is 5.22. The van der Waals surface area contributed by atoms with Gasteiger partial charge in [-0.1, -0.05) is 22.0 Å². The Morgan fingerprint density at radius 1 is 1.25 bits per heavy atom. The van der Waals surface area contributed by atoms with Gasteiger partial charge in [0.2, 0.25) is 0 Å². The van der Waals surface area contributed by atoms with Gasteiger partial charge in [-0.3, -0.25) is 4.79 Å². The number of rotatable bonds is 2. The van der Waals surface area contributed by atoms with Crippen molar-refractivity contribution in [3.8, 4) is 5.75 Å². The third kappa shape index (κ3) is 2.95. The van der Waals surface area contributed by atoms with Crippen LogP contribution in [0.3, 0.4) is 0 Å². The smallest absolute Gasteiger partial charge is 0.250 e. The van der Waals surface area contributed by atoms with Crippen LogP contribution in [-0.2, 0) is 13.1 Å². The molecule has 1 aromatic heterocycles. The fourth-order valence-electron chi connectivity index (χ4n) is 4.29. The van der Waals surface area contributed by atoms with Gasteiger partial charge in [-0.05, 0) is 40.5 Å². The summed E-state index contributed by atoms with van der Waals surface area (Å²) < 4.78 is 3.65. The quantitative estimate of drug-likeness (QED) is 0.731. The van der Waals surface area contributed by atoms with Gasteiger partial charge in [0.15, 0.2) is 0 Å². The first kappa shape index (κ1) is 16.4. The monoisotopic (exact) mass is 453 g/mol. The minimum atomic E-state index is 0.124. The number of phenolic OH excluding ortho intramolecular Hbond substituents is 1. The summed E-state index contributed by atoms with van der Waals surface area (Å²) in [6, 6.07) is 9.49. The number of nitrogens with one attached hydrogen (secondary N) is 1. The predicted molar refractivity (Wildman–Crippen MR) is 99.5 cm³/mol. The zero-order valence-corrected chi connectivity index (χ0v) is 16.3. The SMILES string of the molecule is O=c1cccc2n1C[C@@H]1C[C@H]2C[NH+](Cc2cc(Br)cc(Br)c2O)C1. The van der Waals surface area contributed by atoms with Crippen molar-refractivity contribution in [2.45, 2.75) is 25.4 Å². The highest BCUT2D eigenvalue weighted by molar-refractivity contribution is 9.11. The van der Waals surface area contributed by atoms with Crippen molar-refractivity contribution < 1.29 is 10.0 Å². The van der Waals surface area contributed by atoms with Crippen LogP contribution in [0.4, 0.5) is 0 Å². The molecule has 2 aliphatic rings. The van der Waals surface area contributed by atoms with E-state index in [2.05, 4.69) is 37.9 Å². The molecule has 0 aliphatic carbocycles. The maximum absolute atomic E-state index is 12.1. The zero-order chi connectivity index (χ0) is 16.8. The van der Waals surface area contributed by atoms with Crippen LogP contribution in [0.5, 0.6) is 5.75 Å². The molecule has 0 saturated carbocycles. The summed E-state index contributed by atoms with van der Waals surface area (Å²) in [5.74, 6) is 1.29. The van der Waals surface area contributed by atoms with E-state index in [-0.39, 0.29) is 5.56 Å². The second-order valence-corrected chi connectivity index (χ2v) is 8.70. The van der Waals surface area contributed by atoms with E-state index in [1.807, 2.05) is 22.8 Å². The van der Waals surface area contributed by atoms with Crippen LogP contribution in [0.1, 0.15) is 23.6 Å². The van der Waals surface area contributed by atoms with E-state index in [4.69, 9.17) is 0 Å². The number of aromatic nitrogens is 1. The number of likely N-dealkylation sites (tertiary alicyclic amines) is 1. The highest BCUT2D eigenvalue weighted by Gasteiger charge is 2.37. The van der Waals surface area contributed by atoms with E-state index >= 15 is 0 Å². The van der Waals surface area contributed by atoms with Gasteiger partial charge in [-0.2, -0.15) is 0 Å². The Morgan fingerprint density at radius 3 is 2.92 bits per heavy atom. The Labute approximate surface area is 157 Å². The number of hydrogen-bond acceptors (Lipinski definition) is 2. The lowest BCUT2D eigenvalue weighted by molar-refractivity contribution is -0.924. The molecule has 2 bridgehead atoms. The fraction of sp³-hybridized carbons (Fsp3) is 0.389. The fourth-order valence-corrected chi connectivity index (χ4v) is 5.60. The van der Waals surface area contributed by atoms with Gasteiger partial charge < -0.3 is 14.6 Å². The first-order chi connectivity index (χ1) is 11.5. The molecule has 24 heavy (non-hydrogen) atoms. The number of pyridine rings is 1. The van der Waals surface area contributed by atoms with Crippen molar-refractivity contribution in [2.75, 3.05) is 13.1 Å². The molecular formula is C18H19Br2N2O2+. The van der Waals surface area contributed by atoms with Crippen LogP contribution in [0.15, 0.2) is 44.1 Å². The number of quaternary nitrogens is 1. The van der Waals surface area contributed by atoms with Crippen molar-refractivity contribution in [3.63, 3.8) is 0 Å². The molecule has 6 heteroatoms. The van der Waals surface area contributed by atoms with Gasteiger partial charge in [-0.15, -0.1) is 0 Å². The lowest BCUT2D eigenvalue weighted by Gasteiger charge is -2.40. The molecule has 126 valence electrons. The predicted octanol–water partition coefficient (Wildman–Crippen LogP) is 2.28.